The Kier molecular flexibility index (Phi) is 4.98. The molecule has 1 aromatic carbocycles. The second kappa shape index (κ2) is 6.76. The van der Waals surface area contributed by atoms with Crippen molar-refractivity contribution in [2.24, 2.45) is 0 Å². The summed E-state index contributed by atoms with van der Waals surface area (Å²) in [6, 6.07) is 5.43. The number of rotatable bonds is 4. The van der Waals surface area contributed by atoms with Crippen LogP contribution in [0.3, 0.4) is 0 Å². The highest BCUT2D eigenvalue weighted by Crippen LogP contribution is 2.21. The number of alkyl carbamates (subject to hydrolysis) is 1. The molecule has 0 bridgehead atoms. The molecule has 1 amide bonds. The van der Waals surface area contributed by atoms with Crippen molar-refractivity contribution < 1.29 is 18.4 Å². The molecule has 0 fully saturated rings. The highest BCUT2D eigenvalue weighted by molar-refractivity contribution is 5.68. The van der Waals surface area contributed by atoms with E-state index < -0.39 is 17.7 Å². The highest BCUT2D eigenvalue weighted by Gasteiger charge is 2.23. The number of halogens is 1. The zero-order valence-electron chi connectivity index (χ0n) is 13.6. The number of benzene rings is 1. The standard InChI is InChI=1S/C16H20FN3O3/c1-5-12(18-15(21)22-16(2,3)4)14-19-13(20-23-14)10-7-6-8-11(17)9-10/h6-9,12H,5H2,1-4H3,(H,18,21). The fourth-order valence-electron chi connectivity index (χ4n) is 1.91. The van der Waals surface area contributed by atoms with Gasteiger partial charge in [-0.2, -0.15) is 4.98 Å². The van der Waals surface area contributed by atoms with Gasteiger partial charge in [-0.15, -0.1) is 0 Å². The minimum absolute atomic E-state index is 0.248. The smallest absolute Gasteiger partial charge is 0.408 e. The van der Waals surface area contributed by atoms with E-state index in [1.54, 1.807) is 32.9 Å². The summed E-state index contributed by atoms with van der Waals surface area (Å²) in [6.45, 7) is 7.21. The largest absolute Gasteiger partial charge is 0.444 e. The van der Waals surface area contributed by atoms with Crippen LogP contribution in [0.1, 0.15) is 46.0 Å². The van der Waals surface area contributed by atoms with Gasteiger partial charge >= 0.3 is 6.09 Å². The Bertz CT molecular complexity index is 679. The number of hydrogen-bond donors (Lipinski definition) is 1. The second-order valence-corrected chi connectivity index (χ2v) is 6.07. The Morgan fingerprint density at radius 2 is 2.17 bits per heavy atom. The van der Waals surface area contributed by atoms with Crippen molar-refractivity contribution >= 4 is 6.09 Å². The van der Waals surface area contributed by atoms with E-state index in [1.165, 1.54) is 12.1 Å². The van der Waals surface area contributed by atoms with Crippen LogP contribution in [0.2, 0.25) is 0 Å². The van der Waals surface area contributed by atoms with E-state index in [2.05, 4.69) is 15.5 Å². The fraction of sp³-hybridized carbons (Fsp3) is 0.438. The van der Waals surface area contributed by atoms with Gasteiger partial charge in [0.1, 0.15) is 17.5 Å². The molecule has 0 spiro atoms. The van der Waals surface area contributed by atoms with Crippen LogP contribution >= 0.6 is 0 Å². The number of nitrogens with one attached hydrogen (secondary N) is 1. The number of carbonyl (C=O) groups excluding carboxylic acids is 1. The van der Waals surface area contributed by atoms with Gasteiger partial charge < -0.3 is 14.6 Å². The number of nitrogens with zero attached hydrogens (tertiary/aromatic N) is 2. The van der Waals surface area contributed by atoms with Crippen LogP contribution in [0.4, 0.5) is 9.18 Å². The molecule has 0 aliphatic carbocycles. The molecule has 1 unspecified atom stereocenters. The van der Waals surface area contributed by atoms with Gasteiger partial charge in [0.2, 0.25) is 11.7 Å². The van der Waals surface area contributed by atoms with E-state index in [4.69, 9.17) is 9.26 Å². The van der Waals surface area contributed by atoms with E-state index in [1.807, 2.05) is 6.92 Å². The number of aromatic nitrogens is 2. The molecule has 1 aromatic heterocycles. The maximum Gasteiger partial charge on any atom is 0.408 e. The minimum Gasteiger partial charge on any atom is -0.444 e. The van der Waals surface area contributed by atoms with Gasteiger partial charge in [-0.25, -0.2) is 9.18 Å². The maximum absolute atomic E-state index is 13.3. The summed E-state index contributed by atoms with van der Waals surface area (Å²) in [4.78, 5) is 16.1. The zero-order valence-corrected chi connectivity index (χ0v) is 13.6. The van der Waals surface area contributed by atoms with Crippen molar-refractivity contribution in [1.82, 2.24) is 15.5 Å². The molecule has 1 N–H and O–H groups in total. The molecule has 124 valence electrons. The summed E-state index contributed by atoms with van der Waals surface area (Å²) in [5.74, 6) is 0.134. The maximum atomic E-state index is 13.3. The zero-order chi connectivity index (χ0) is 17.0. The van der Waals surface area contributed by atoms with Crippen LogP contribution in [0.5, 0.6) is 0 Å². The van der Waals surface area contributed by atoms with Gasteiger partial charge in [0.15, 0.2) is 0 Å². The van der Waals surface area contributed by atoms with Crippen LogP contribution in [-0.4, -0.2) is 21.8 Å². The van der Waals surface area contributed by atoms with E-state index >= 15 is 0 Å². The Morgan fingerprint density at radius 3 is 2.78 bits per heavy atom. The molecule has 2 aromatic rings. The third-order valence-electron chi connectivity index (χ3n) is 2.92. The fourth-order valence-corrected chi connectivity index (χ4v) is 1.91. The Morgan fingerprint density at radius 1 is 1.43 bits per heavy atom. The lowest BCUT2D eigenvalue weighted by Crippen LogP contribution is -2.34. The van der Waals surface area contributed by atoms with Crippen molar-refractivity contribution in [3.63, 3.8) is 0 Å². The monoisotopic (exact) mass is 321 g/mol. The van der Waals surface area contributed by atoms with Gasteiger partial charge in [0.05, 0.1) is 0 Å². The second-order valence-electron chi connectivity index (χ2n) is 6.07. The summed E-state index contributed by atoms with van der Waals surface area (Å²) < 4.78 is 23.7. The van der Waals surface area contributed by atoms with Gasteiger partial charge in [0.25, 0.3) is 0 Å². The first kappa shape index (κ1) is 16.9. The predicted octanol–water partition coefficient (Wildman–Crippen LogP) is 3.85. The Hall–Kier alpha value is -2.44. The lowest BCUT2D eigenvalue weighted by molar-refractivity contribution is 0.0492. The van der Waals surface area contributed by atoms with Crippen LogP contribution in [0.15, 0.2) is 28.8 Å². The van der Waals surface area contributed by atoms with Gasteiger partial charge in [0, 0.05) is 5.56 Å². The molecule has 0 saturated heterocycles. The predicted molar refractivity (Wildman–Crippen MR) is 82.1 cm³/mol. The van der Waals surface area contributed by atoms with Gasteiger partial charge in [-0.1, -0.05) is 24.2 Å². The molecule has 0 radical (unpaired) electrons. The van der Waals surface area contributed by atoms with E-state index in [9.17, 15) is 9.18 Å². The molecule has 0 saturated carbocycles. The number of amides is 1. The summed E-state index contributed by atoms with van der Waals surface area (Å²) in [7, 11) is 0. The van der Waals surface area contributed by atoms with Crippen molar-refractivity contribution in [2.75, 3.05) is 0 Å². The molecular weight excluding hydrogens is 301 g/mol. The van der Waals surface area contributed by atoms with E-state index in [0.29, 0.717) is 12.0 Å². The average Bonchev–Trinajstić information content (AvgIpc) is 2.92. The molecule has 2 rings (SSSR count). The lowest BCUT2D eigenvalue weighted by atomic mass is 10.2. The van der Waals surface area contributed by atoms with Gasteiger partial charge in [-0.05, 0) is 39.3 Å². The molecular formula is C16H20FN3O3. The van der Waals surface area contributed by atoms with Crippen molar-refractivity contribution in [3.8, 4) is 11.4 Å². The van der Waals surface area contributed by atoms with Gasteiger partial charge in [-0.3, -0.25) is 0 Å². The average molecular weight is 321 g/mol. The quantitative estimate of drug-likeness (QED) is 0.925. The molecule has 6 nitrogen and oxygen atoms in total. The summed E-state index contributed by atoms with van der Waals surface area (Å²) >= 11 is 0. The normalized spacial score (nSPS) is 12.7. The summed E-state index contributed by atoms with van der Waals surface area (Å²) in [5, 5.41) is 6.52. The molecule has 7 heteroatoms. The molecule has 1 heterocycles. The molecule has 23 heavy (non-hydrogen) atoms. The lowest BCUT2D eigenvalue weighted by Gasteiger charge is -2.21. The van der Waals surface area contributed by atoms with Crippen LogP contribution < -0.4 is 5.32 Å². The van der Waals surface area contributed by atoms with Crippen molar-refractivity contribution in [3.05, 3.63) is 36.0 Å². The first-order valence-corrected chi connectivity index (χ1v) is 7.37. The number of hydrogen-bond acceptors (Lipinski definition) is 5. The van der Waals surface area contributed by atoms with E-state index in [-0.39, 0.29) is 17.5 Å². The van der Waals surface area contributed by atoms with Crippen LogP contribution in [0, 0.1) is 5.82 Å². The molecule has 1 atom stereocenters. The first-order chi connectivity index (χ1) is 10.8. The topological polar surface area (TPSA) is 77.2 Å². The molecule has 0 aliphatic heterocycles. The Labute approximate surface area is 134 Å². The SMILES string of the molecule is CCC(NC(=O)OC(C)(C)C)c1nc(-c2cccc(F)c2)no1. The third-order valence-corrected chi connectivity index (χ3v) is 2.92. The highest BCUT2D eigenvalue weighted by atomic mass is 19.1. The summed E-state index contributed by atoms with van der Waals surface area (Å²) in [6.07, 6.45) is -0.0147. The summed E-state index contributed by atoms with van der Waals surface area (Å²) in [5.41, 5.74) is -0.0867. The third kappa shape index (κ3) is 4.77. The number of ether oxygens (including phenoxy) is 1. The van der Waals surface area contributed by atoms with Crippen molar-refractivity contribution in [2.45, 2.75) is 45.8 Å². The van der Waals surface area contributed by atoms with Crippen molar-refractivity contribution in [1.29, 1.82) is 0 Å². The van der Waals surface area contributed by atoms with Crippen LogP contribution in [0.25, 0.3) is 11.4 Å². The minimum atomic E-state index is -0.593. The molecule has 0 aliphatic rings. The Balaban J connectivity index is 2.12. The first-order valence-electron chi connectivity index (χ1n) is 7.37. The number of carbonyl (C=O) groups is 1. The van der Waals surface area contributed by atoms with Crippen LogP contribution in [-0.2, 0) is 4.74 Å². The van der Waals surface area contributed by atoms with E-state index in [0.717, 1.165) is 0 Å².